The second-order valence-corrected chi connectivity index (χ2v) is 5.01. The van der Waals surface area contributed by atoms with Crippen molar-refractivity contribution >= 4 is 17.3 Å². The summed E-state index contributed by atoms with van der Waals surface area (Å²) in [7, 11) is 1.62. The molecule has 2 rings (SSSR count). The first kappa shape index (κ1) is 12.5. The Morgan fingerprint density at radius 3 is 2.59 bits per heavy atom. The molecule has 3 N–H and O–H groups in total. The monoisotopic (exact) mass is 254 g/mol. The van der Waals surface area contributed by atoms with Crippen molar-refractivity contribution in [2.45, 2.75) is 37.8 Å². The van der Waals surface area contributed by atoms with Crippen molar-refractivity contribution in [1.82, 2.24) is 0 Å². The van der Waals surface area contributed by atoms with E-state index in [0.29, 0.717) is 22.9 Å². The lowest BCUT2D eigenvalue weighted by molar-refractivity contribution is 0.410. The number of methoxy groups -OCH3 is 1. The summed E-state index contributed by atoms with van der Waals surface area (Å²) in [6.45, 7) is 0. The molecule has 0 aliphatic heterocycles. The lowest BCUT2D eigenvalue weighted by Gasteiger charge is -2.27. The molecule has 0 radical (unpaired) electrons. The van der Waals surface area contributed by atoms with Crippen molar-refractivity contribution in [1.29, 1.82) is 0 Å². The maximum atomic E-state index is 6.09. The summed E-state index contributed by atoms with van der Waals surface area (Å²) in [5.74, 6) is 0.711. The molecule has 3 nitrogen and oxygen atoms in total. The molecule has 0 heterocycles. The molecule has 94 valence electrons. The number of halogens is 1. The van der Waals surface area contributed by atoms with Gasteiger partial charge in [-0.15, -0.1) is 0 Å². The van der Waals surface area contributed by atoms with Crippen LogP contribution in [0.4, 0.5) is 5.69 Å². The minimum absolute atomic E-state index is 0.382. The van der Waals surface area contributed by atoms with Crippen LogP contribution in [0.25, 0.3) is 0 Å². The van der Waals surface area contributed by atoms with Gasteiger partial charge in [0, 0.05) is 17.8 Å². The minimum atomic E-state index is 0.382. The molecular formula is C13H19ClN2O. The highest BCUT2D eigenvalue weighted by Crippen LogP contribution is 2.29. The Morgan fingerprint density at radius 1 is 1.29 bits per heavy atom. The fraction of sp³-hybridized carbons (Fsp3) is 0.538. The van der Waals surface area contributed by atoms with E-state index in [1.54, 1.807) is 7.11 Å². The van der Waals surface area contributed by atoms with E-state index in [-0.39, 0.29) is 0 Å². The summed E-state index contributed by atoms with van der Waals surface area (Å²) < 4.78 is 5.13. The van der Waals surface area contributed by atoms with Crippen molar-refractivity contribution in [2.75, 3.05) is 12.4 Å². The first-order chi connectivity index (χ1) is 8.19. The molecule has 17 heavy (non-hydrogen) atoms. The Balaban J connectivity index is 1.97. The van der Waals surface area contributed by atoms with Gasteiger partial charge in [0.1, 0.15) is 5.75 Å². The number of ether oxygens (including phenoxy) is 1. The van der Waals surface area contributed by atoms with Gasteiger partial charge in [-0.25, -0.2) is 0 Å². The largest absolute Gasteiger partial charge is 0.495 e. The Morgan fingerprint density at radius 2 is 2.00 bits per heavy atom. The van der Waals surface area contributed by atoms with Crippen LogP contribution in [0, 0.1) is 0 Å². The van der Waals surface area contributed by atoms with E-state index in [1.807, 2.05) is 18.2 Å². The van der Waals surface area contributed by atoms with E-state index in [0.717, 1.165) is 31.4 Å². The minimum Gasteiger partial charge on any atom is -0.495 e. The topological polar surface area (TPSA) is 47.3 Å². The van der Waals surface area contributed by atoms with E-state index in [9.17, 15) is 0 Å². The highest BCUT2D eigenvalue weighted by Gasteiger charge is 2.18. The van der Waals surface area contributed by atoms with Crippen LogP contribution in [0.5, 0.6) is 5.75 Å². The fourth-order valence-electron chi connectivity index (χ4n) is 2.26. The molecule has 0 saturated heterocycles. The molecule has 4 heteroatoms. The summed E-state index contributed by atoms with van der Waals surface area (Å²) in [4.78, 5) is 0. The van der Waals surface area contributed by atoms with Gasteiger partial charge in [0.25, 0.3) is 0 Å². The zero-order valence-corrected chi connectivity index (χ0v) is 10.8. The molecule has 0 amide bonds. The third-order valence-electron chi connectivity index (χ3n) is 3.29. The maximum Gasteiger partial charge on any atom is 0.137 e. The van der Waals surface area contributed by atoms with Crippen LogP contribution in [-0.4, -0.2) is 19.2 Å². The van der Waals surface area contributed by atoms with E-state index >= 15 is 0 Å². The van der Waals surface area contributed by atoms with Crippen LogP contribution < -0.4 is 15.8 Å². The highest BCUT2D eigenvalue weighted by atomic mass is 35.5. The quantitative estimate of drug-likeness (QED) is 0.872. The number of nitrogens with one attached hydrogen (secondary N) is 1. The summed E-state index contributed by atoms with van der Waals surface area (Å²) >= 11 is 6.09. The SMILES string of the molecule is COc1ccc(NC2CCC(N)CC2)cc1Cl. The molecule has 0 atom stereocenters. The van der Waals surface area contributed by atoms with E-state index < -0.39 is 0 Å². The number of nitrogens with two attached hydrogens (primary N) is 1. The molecule has 1 aromatic carbocycles. The van der Waals surface area contributed by atoms with E-state index in [4.69, 9.17) is 22.1 Å². The van der Waals surface area contributed by atoms with Crippen molar-refractivity contribution in [3.8, 4) is 5.75 Å². The first-order valence-electron chi connectivity index (χ1n) is 6.04. The third kappa shape index (κ3) is 3.27. The summed E-state index contributed by atoms with van der Waals surface area (Å²) in [6.07, 6.45) is 4.46. The van der Waals surface area contributed by atoms with Crippen molar-refractivity contribution in [3.05, 3.63) is 23.2 Å². The molecule has 1 fully saturated rings. The number of hydrogen-bond acceptors (Lipinski definition) is 3. The Bertz CT molecular complexity index is 376. The number of hydrogen-bond donors (Lipinski definition) is 2. The smallest absolute Gasteiger partial charge is 0.137 e. The Kier molecular flexibility index (Phi) is 4.13. The normalized spacial score (nSPS) is 24.4. The number of rotatable bonds is 3. The van der Waals surface area contributed by atoms with Crippen LogP contribution in [0.3, 0.4) is 0 Å². The fourth-order valence-corrected chi connectivity index (χ4v) is 2.51. The maximum absolute atomic E-state index is 6.09. The molecular weight excluding hydrogens is 236 g/mol. The molecule has 1 aliphatic rings. The predicted molar refractivity (Wildman–Crippen MR) is 71.9 cm³/mol. The van der Waals surface area contributed by atoms with Gasteiger partial charge in [0.2, 0.25) is 0 Å². The molecule has 0 unspecified atom stereocenters. The van der Waals surface area contributed by atoms with E-state index in [1.165, 1.54) is 0 Å². The highest BCUT2D eigenvalue weighted by molar-refractivity contribution is 6.32. The van der Waals surface area contributed by atoms with E-state index in [2.05, 4.69) is 5.32 Å². The lowest BCUT2D eigenvalue weighted by atomic mass is 9.92. The van der Waals surface area contributed by atoms with Crippen molar-refractivity contribution < 1.29 is 4.74 Å². The average Bonchev–Trinajstić information content (AvgIpc) is 2.32. The van der Waals surface area contributed by atoms with Crippen LogP contribution in [0.2, 0.25) is 5.02 Å². The van der Waals surface area contributed by atoms with Gasteiger partial charge >= 0.3 is 0 Å². The van der Waals surface area contributed by atoms with Gasteiger partial charge < -0.3 is 15.8 Å². The molecule has 1 aliphatic carbocycles. The first-order valence-corrected chi connectivity index (χ1v) is 6.42. The summed E-state index contributed by atoms with van der Waals surface area (Å²) in [5.41, 5.74) is 6.94. The Labute approximate surface area is 107 Å². The predicted octanol–water partition coefficient (Wildman–Crippen LogP) is 3.03. The summed E-state index contributed by atoms with van der Waals surface area (Å²) in [5, 5.41) is 4.14. The van der Waals surface area contributed by atoms with Gasteiger partial charge in [0.05, 0.1) is 12.1 Å². The van der Waals surface area contributed by atoms with Gasteiger partial charge in [-0.1, -0.05) is 11.6 Å². The van der Waals surface area contributed by atoms with Gasteiger partial charge in [-0.05, 0) is 43.9 Å². The van der Waals surface area contributed by atoms with Crippen LogP contribution in [0.15, 0.2) is 18.2 Å². The average molecular weight is 255 g/mol. The number of anilines is 1. The second kappa shape index (κ2) is 5.61. The van der Waals surface area contributed by atoms with Gasteiger partial charge in [0.15, 0.2) is 0 Å². The van der Waals surface area contributed by atoms with Crippen molar-refractivity contribution in [2.24, 2.45) is 5.73 Å². The molecule has 0 aromatic heterocycles. The van der Waals surface area contributed by atoms with Crippen molar-refractivity contribution in [3.63, 3.8) is 0 Å². The van der Waals surface area contributed by atoms with Crippen LogP contribution >= 0.6 is 11.6 Å². The van der Waals surface area contributed by atoms with Crippen LogP contribution in [0.1, 0.15) is 25.7 Å². The van der Waals surface area contributed by atoms with Gasteiger partial charge in [-0.3, -0.25) is 0 Å². The zero-order valence-electron chi connectivity index (χ0n) is 10.1. The summed E-state index contributed by atoms with van der Waals surface area (Å²) in [6, 6.07) is 6.69. The zero-order chi connectivity index (χ0) is 12.3. The lowest BCUT2D eigenvalue weighted by Crippen LogP contribution is -2.32. The second-order valence-electron chi connectivity index (χ2n) is 4.61. The Hall–Kier alpha value is -0.930. The van der Waals surface area contributed by atoms with Crippen LogP contribution in [-0.2, 0) is 0 Å². The van der Waals surface area contributed by atoms with Gasteiger partial charge in [-0.2, -0.15) is 0 Å². The molecule has 1 aromatic rings. The third-order valence-corrected chi connectivity index (χ3v) is 3.59. The molecule has 0 bridgehead atoms. The molecule has 0 spiro atoms. The molecule has 1 saturated carbocycles. The standard InChI is InChI=1S/C13H19ClN2O/c1-17-13-7-6-11(8-12(13)14)16-10-4-2-9(15)3-5-10/h6-10,16H,2-5,15H2,1H3. The number of benzene rings is 1.